The molecule has 8 nitrogen and oxygen atoms in total. The van der Waals surface area contributed by atoms with Crippen LogP contribution in [-0.2, 0) is 6.54 Å². The first-order valence-electron chi connectivity index (χ1n) is 9.92. The Morgan fingerprint density at radius 3 is 2.77 bits per heavy atom. The topological polar surface area (TPSA) is 90.0 Å². The molecule has 4 aromatic rings. The third kappa shape index (κ3) is 3.88. The van der Waals surface area contributed by atoms with Gasteiger partial charge < -0.3 is 0 Å². The van der Waals surface area contributed by atoms with E-state index >= 15 is 0 Å². The van der Waals surface area contributed by atoms with Crippen LogP contribution in [0, 0.1) is 6.92 Å². The second kappa shape index (κ2) is 7.53. The molecule has 1 amide bonds. The number of anilines is 1. The zero-order chi connectivity index (χ0) is 21.5. The van der Waals surface area contributed by atoms with Gasteiger partial charge in [0.05, 0.1) is 6.54 Å². The molecule has 0 aliphatic heterocycles. The van der Waals surface area contributed by atoms with Gasteiger partial charge in [0, 0.05) is 17.7 Å². The van der Waals surface area contributed by atoms with Crippen LogP contribution in [0.4, 0.5) is 14.7 Å². The highest BCUT2D eigenvalue weighted by molar-refractivity contribution is 6.02. The smallest absolute Gasteiger partial charge is 0.280 e. The largest absolute Gasteiger partial charge is 0.288 e. The van der Waals surface area contributed by atoms with E-state index in [2.05, 4.69) is 25.5 Å². The van der Waals surface area contributed by atoms with Gasteiger partial charge in [-0.2, -0.15) is 5.10 Å². The lowest BCUT2D eigenvalue weighted by atomic mass is 10.1. The molecular weight excluding hydrogens is 404 g/mol. The molecule has 0 saturated heterocycles. The molecule has 1 aliphatic rings. The van der Waals surface area contributed by atoms with Crippen LogP contribution in [0.15, 0.2) is 42.7 Å². The van der Waals surface area contributed by atoms with Crippen molar-refractivity contribution in [1.82, 2.24) is 29.4 Å². The van der Waals surface area contributed by atoms with Gasteiger partial charge in [-0.3, -0.25) is 10.1 Å². The van der Waals surface area contributed by atoms with E-state index in [-0.39, 0.29) is 28.9 Å². The minimum absolute atomic E-state index is 0.0300. The number of aromatic nitrogens is 6. The maximum atomic E-state index is 13.5. The average Bonchev–Trinajstić information content (AvgIpc) is 3.36. The van der Waals surface area contributed by atoms with Crippen LogP contribution in [0.25, 0.3) is 5.65 Å². The number of alkyl halides is 2. The van der Waals surface area contributed by atoms with E-state index in [4.69, 9.17) is 0 Å². The Morgan fingerprint density at radius 2 is 2.03 bits per heavy atom. The van der Waals surface area contributed by atoms with E-state index in [0.717, 1.165) is 28.5 Å². The van der Waals surface area contributed by atoms with Crippen molar-refractivity contribution < 1.29 is 13.6 Å². The number of nitrogens with one attached hydrogen (secondary N) is 1. The summed E-state index contributed by atoms with van der Waals surface area (Å²) in [5.41, 5.74) is 2.75. The van der Waals surface area contributed by atoms with Crippen molar-refractivity contribution in [2.24, 2.45) is 0 Å². The van der Waals surface area contributed by atoms with Gasteiger partial charge in [0.15, 0.2) is 11.3 Å². The number of amides is 1. The van der Waals surface area contributed by atoms with E-state index in [1.165, 1.54) is 18.5 Å². The second-order valence-corrected chi connectivity index (χ2v) is 7.63. The molecular formula is C21H19F2N7O. The fraction of sp³-hybridized carbons (Fsp3) is 0.286. The van der Waals surface area contributed by atoms with Gasteiger partial charge in [-0.05, 0) is 37.0 Å². The number of carbonyl (C=O) groups excluding carboxylic acids is 1. The predicted molar refractivity (Wildman–Crippen MR) is 108 cm³/mol. The van der Waals surface area contributed by atoms with E-state index in [1.807, 2.05) is 31.2 Å². The molecule has 1 aliphatic carbocycles. The van der Waals surface area contributed by atoms with Crippen molar-refractivity contribution in [2.45, 2.75) is 38.7 Å². The number of nitrogens with zero attached hydrogens (tertiary/aromatic N) is 6. The fourth-order valence-corrected chi connectivity index (χ4v) is 3.43. The highest BCUT2D eigenvalue weighted by Gasteiger charge is 2.28. The van der Waals surface area contributed by atoms with Crippen molar-refractivity contribution in [2.75, 3.05) is 5.32 Å². The zero-order valence-electron chi connectivity index (χ0n) is 16.7. The van der Waals surface area contributed by atoms with Crippen molar-refractivity contribution in [3.05, 3.63) is 70.9 Å². The van der Waals surface area contributed by atoms with Gasteiger partial charge in [-0.1, -0.05) is 24.3 Å². The van der Waals surface area contributed by atoms with E-state index in [9.17, 15) is 13.6 Å². The van der Waals surface area contributed by atoms with Crippen molar-refractivity contribution in [1.29, 1.82) is 0 Å². The Morgan fingerprint density at radius 1 is 1.23 bits per heavy atom. The van der Waals surface area contributed by atoms with Crippen LogP contribution < -0.4 is 5.32 Å². The normalized spacial score (nSPS) is 13.8. The van der Waals surface area contributed by atoms with Crippen LogP contribution in [0.5, 0.6) is 0 Å². The molecule has 31 heavy (non-hydrogen) atoms. The maximum absolute atomic E-state index is 13.5. The molecule has 0 atom stereocenters. The molecule has 5 rings (SSSR count). The van der Waals surface area contributed by atoms with Crippen molar-refractivity contribution in [3.63, 3.8) is 0 Å². The minimum atomic E-state index is -2.72. The highest BCUT2D eigenvalue weighted by Crippen LogP contribution is 2.40. The summed E-state index contributed by atoms with van der Waals surface area (Å²) in [6, 6.07) is 10.7. The third-order valence-corrected chi connectivity index (χ3v) is 5.28. The molecule has 3 aromatic heterocycles. The molecule has 1 aromatic carbocycles. The van der Waals surface area contributed by atoms with Crippen molar-refractivity contribution >= 4 is 17.5 Å². The van der Waals surface area contributed by atoms with Gasteiger partial charge in [0.2, 0.25) is 5.95 Å². The predicted octanol–water partition coefficient (Wildman–Crippen LogP) is 3.74. The first kappa shape index (κ1) is 19.3. The van der Waals surface area contributed by atoms with E-state index in [0.29, 0.717) is 12.2 Å². The molecule has 0 radical (unpaired) electrons. The Balaban J connectivity index is 1.36. The lowest BCUT2D eigenvalue weighted by Gasteiger charge is -2.06. The van der Waals surface area contributed by atoms with Crippen LogP contribution in [-0.4, -0.2) is 35.3 Å². The number of aryl methyl sites for hydroxylation is 1. The van der Waals surface area contributed by atoms with Crippen LogP contribution in [0.3, 0.4) is 0 Å². The fourth-order valence-electron chi connectivity index (χ4n) is 3.43. The summed E-state index contributed by atoms with van der Waals surface area (Å²) in [4.78, 5) is 21.1. The third-order valence-electron chi connectivity index (χ3n) is 5.28. The molecule has 10 heteroatoms. The molecule has 0 bridgehead atoms. The Bertz CT molecular complexity index is 1280. The molecule has 0 unspecified atom stereocenters. The van der Waals surface area contributed by atoms with Crippen LogP contribution in [0.1, 0.15) is 58.2 Å². The Kier molecular flexibility index (Phi) is 4.68. The highest BCUT2D eigenvalue weighted by atomic mass is 19.3. The maximum Gasteiger partial charge on any atom is 0.280 e. The molecule has 1 fully saturated rings. The summed E-state index contributed by atoms with van der Waals surface area (Å²) in [6.07, 6.45) is 0.663. The number of rotatable bonds is 6. The van der Waals surface area contributed by atoms with E-state index in [1.54, 1.807) is 4.68 Å². The summed E-state index contributed by atoms with van der Waals surface area (Å²) in [6.45, 7) is 2.52. The first-order valence-corrected chi connectivity index (χ1v) is 9.92. The zero-order valence-corrected chi connectivity index (χ0v) is 16.7. The number of benzene rings is 1. The van der Waals surface area contributed by atoms with Gasteiger partial charge in [0.1, 0.15) is 12.0 Å². The minimum Gasteiger partial charge on any atom is -0.288 e. The molecule has 158 valence electrons. The van der Waals surface area contributed by atoms with Crippen molar-refractivity contribution in [3.8, 4) is 0 Å². The lowest BCUT2D eigenvalue weighted by Crippen LogP contribution is -2.14. The number of hydrogen-bond donors (Lipinski definition) is 1. The van der Waals surface area contributed by atoms with Gasteiger partial charge in [-0.25, -0.2) is 27.9 Å². The molecule has 3 heterocycles. The summed E-state index contributed by atoms with van der Waals surface area (Å²) in [7, 11) is 0. The first-order chi connectivity index (χ1) is 15.0. The van der Waals surface area contributed by atoms with Gasteiger partial charge >= 0.3 is 0 Å². The summed E-state index contributed by atoms with van der Waals surface area (Å²) >= 11 is 0. The second-order valence-electron chi connectivity index (χ2n) is 7.63. The molecule has 0 spiro atoms. The van der Waals surface area contributed by atoms with Gasteiger partial charge in [-0.15, -0.1) is 5.10 Å². The quantitative estimate of drug-likeness (QED) is 0.510. The summed E-state index contributed by atoms with van der Waals surface area (Å²) in [5, 5.41) is 10.9. The number of hydrogen-bond acceptors (Lipinski definition) is 5. The lowest BCUT2D eigenvalue weighted by molar-refractivity contribution is 0.102. The molecule has 1 saturated carbocycles. The average molecular weight is 423 g/mol. The van der Waals surface area contributed by atoms with Crippen LogP contribution in [0.2, 0.25) is 0 Å². The number of halogens is 2. The van der Waals surface area contributed by atoms with Crippen LogP contribution >= 0.6 is 0 Å². The molecule has 1 N–H and O–H groups in total. The van der Waals surface area contributed by atoms with E-state index < -0.39 is 12.3 Å². The SMILES string of the molecule is Cc1ccccc1Cn1cnc(NC(=O)c2cc3nc(C4CC4)cc(C(F)F)n3n2)n1. The summed E-state index contributed by atoms with van der Waals surface area (Å²) < 4.78 is 29.7. The summed E-state index contributed by atoms with van der Waals surface area (Å²) in [5.74, 6) is -0.278. The Labute approximate surface area is 175 Å². The monoisotopic (exact) mass is 423 g/mol. The Hall–Kier alpha value is -3.69. The number of fused-ring (bicyclic) bond motifs is 1. The van der Waals surface area contributed by atoms with Gasteiger partial charge in [0.25, 0.3) is 12.3 Å². The number of carbonyl (C=O) groups is 1. The standard InChI is InChI=1S/C21H19F2N7O/c1-12-4-2-3-5-14(12)10-29-11-24-21(28-29)26-20(31)16-9-18-25-15(13-6-7-13)8-17(19(22)23)30(18)27-16/h2-5,8-9,11,13,19H,6-7,10H2,1H3,(H,26,28,31).